The summed E-state index contributed by atoms with van der Waals surface area (Å²) in [6.07, 6.45) is 3.17. The van der Waals surface area contributed by atoms with E-state index in [0.29, 0.717) is 12.4 Å². The molecule has 2 heterocycles. The number of oxazole rings is 1. The summed E-state index contributed by atoms with van der Waals surface area (Å²) in [7, 11) is 0. The first-order chi connectivity index (χ1) is 6.29. The number of nitrogens with two attached hydrogens (primary N) is 1. The Bertz CT molecular complexity index is 403. The number of hydrogen-bond donors (Lipinski definition) is 1. The normalized spacial score (nSPS) is 10.6. The van der Waals surface area contributed by atoms with Gasteiger partial charge in [0.15, 0.2) is 0 Å². The van der Waals surface area contributed by atoms with Crippen molar-refractivity contribution >= 4 is 0 Å². The molecule has 0 fully saturated rings. The van der Waals surface area contributed by atoms with E-state index in [1.807, 2.05) is 13.0 Å². The lowest BCUT2D eigenvalue weighted by atomic mass is 10.3. The predicted octanol–water partition coefficient (Wildman–Crippen LogP) is 1.70. The van der Waals surface area contributed by atoms with Gasteiger partial charge in [0, 0.05) is 6.54 Å². The minimum atomic E-state index is 0.389. The Balaban J connectivity index is 2.35. The molecule has 4 heteroatoms. The van der Waals surface area contributed by atoms with Crippen molar-refractivity contribution in [1.29, 1.82) is 0 Å². The fraction of sp³-hybridized carbons (Fsp3) is 0.222. The van der Waals surface area contributed by atoms with E-state index in [1.54, 1.807) is 12.5 Å². The van der Waals surface area contributed by atoms with E-state index >= 15 is 0 Å². The average Bonchev–Trinajstić information content (AvgIpc) is 2.71. The number of aryl methyl sites for hydroxylation is 1. The summed E-state index contributed by atoms with van der Waals surface area (Å²) in [6, 6.07) is 1.87. The van der Waals surface area contributed by atoms with Gasteiger partial charge in [0.2, 0.25) is 5.89 Å². The van der Waals surface area contributed by atoms with Crippen molar-refractivity contribution in [2.45, 2.75) is 13.5 Å². The van der Waals surface area contributed by atoms with Gasteiger partial charge in [-0.1, -0.05) is 0 Å². The van der Waals surface area contributed by atoms with Crippen LogP contribution >= 0.6 is 0 Å². The van der Waals surface area contributed by atoms with Gasteiger partial charge in [-0.3, -0.25) is 0 Å². The molecule has 0 aliphatic heterocycles. The molecule has 0 aromatic carbocycles. The van der Waals surface area contributed by atoms with E-state index in [4.69, 9.17) is 14.6 Å². The van der Waals surface area contributed by atoms with Gasteiger partial charge in [-0.25, -0.2) is 4.98 Å². The van der Waals surface area contributed by atoms with Gasteiger partial charge < -0.3 is 14.6 Å². The van der Waals surface area contributed by atoms with Crippen LogP contribution in [-0.2, 0) is 6.54 Å². The zero-order valence-corrected chi connectivity index (χ0v) is 7.28. The maximum absolute atomic E-state index is 5.40. The van der Waals surface area contributed by atoms with Gasteiger partial charge in [0.1, 0.15) is 18.3 Å². The minimum Gasteiger partial charge on any atom is -0.469 e. The highest BCUT2D eigenvalue weighted by atomic mass is 16.3. The van der Waals surface area contributed by atoms with E-state index in [-0.39, 0.29) is 0 Å². The largest absolute Gasteiger partial charge is 0.469 e. The summed E-state index contributed by atoms with van der Waals surface area (Å²) < 4.78 is 10.3. The van der Waals surface area contributed by atoms with Crippen molar-refractivity contribution < 1.29 is 8.83 Å². The van der Waals surface area contributed by atoms with Crippen molar-refractivity contribution in [3.8, 4) is 11.5 Å². The topological polar surface area (TPSA) is 65.2 Å². The molecule has 0 bridgehead atoms. The quantitative estimate of drug-likeness (QED) is 0.760. The Labute approximate surface area is 75.4 Å². The Hall–Kier alpha value is -1.55. The van der Waals surface area contributed by atoms with Crippen molar-refractivity contribution in [3.63, 3.8) is 0 Å². The van der Waals surface area contributed by atoms with Crippen molar-refractivity contribution in [2.24, 2.45) is 5.73 Å². The smallest absolute Gasteiger partial charge is 0.229 e. The standard InChI is InChI=1S/C9H10N2O2/c1-6-2-7(4-12-6)9-11-8(3-10)5-13-9/h2,4-5H,3,10H2,1H3. The van der Waals surface area contributed by atoms with Crippen LogP contribution in [-0.4, -0.2) is 4.98 Å². The minimum absolute atomic E-state index is 0.389. The second kappa shape index (κ2) is 3.06. The summed E-state index contributed by atoms with van der Waals surface area (Å²) >= 11 is 0. The second-order valence-corrected chi connectivity index (χ2v) is 2.79. The molecule has 0 radical (unpaired) electrons. The lowest BCUT2D eigenvalue weighted by Crippen LogP contribution is -1.95. The molecule has 0 saturated heterocycles. The summed E-state index contributed by atoms with van der Waals surface area (Å²) in [4.78, 5) is 4.16. The molecule has 13 heavy (non-hydrogen) atoms. The fourth-order valence-corrected chi connectivity index (χ4v) is 1.09. The molecule has 0 saturated carbocycles. The highest BCUT2D eigenvalue weighted by Gasteiger charge is 2.07. The number of aromatic nitrogens is 1. The van der Waals surface area contributed by atoms with Crippen molar-refractivity contribution in [2.75, 3.05) is 0 Å². The summed E-state index contributed by atoms with van der Waals surface area (Å²) in [6.45, 7) is 2.26. The van der Waals surface area contributed by atoms with E-state index in [0.717, 1.165) is 17.0 Å². The van der Waals surface area contributed by atoms with E-state index in [2.05, 4.69) is 4.98 Å². The molecule has 0 spiro atoms. The first-order valence-corrected chi connectivity index (χ1v) is 3.99. The molecule has 0 unspecified atom stereocenters. The van der Waals surface area contributed by atoms with E-state index in [9.17, 15) is 0 Å². The molecule has 0 atom stereocenters. The highest BCUT2D eigenvalue weighted by Crippen LogP contribution is 2.20. The zero-order valence-electron chi connectivity index (χ0n) is 7.28. The average molecular weight is 178 g/mol. The van der Waals surface area contributed by atoms with Gasteiger partial charge in [-0.05, 0) is 13.0 Å². The second-order valence-electron chi connectivity index (χ2n) is 2.79. The molecule has 68 valence electrons. The van der Waals surface area contributed by atoms with Crippen LogP contribution in [0, 0.1) is 6.92 Å². The molecule has 4 nitrogen and oxygen atoms in total. The molecular formula is C9H10N2O2. The SMILES string of the molecule is Cc1cc(-c2nc(CN)co2)co1. The molecule has 2 aromatic heterocycles. The summed E-state index contributed by atoms with van der Waals surface area (Å²) in [5.41, 5.74) is 6.99. The van der Waals surface area contributed by atoms with Crippen molar-refractivity contribution in [3.05, 3.63) is 30.0 Å². The first kappa shape index (κ1) is 8.07. The third-order valence-electron chi connectivity index (χ3n) is 1.74. The molecule has 2 rings (SSSR count). The molecule has 0 aliphatic carbocycles. The summed E-state index contributed by atoms with van der Waals surface area (Å²) in [5, 5.41) is 0. The number of furan rings is 1. The maximum atomic E-state index is 5.40. The molecule has 0 amide bonds. The van der Waals surface area contributed by atoms with Crippen LogP contribution in [0.25, 0.3) is 11.5 Å². The monoisotopic (exact) mass is 178 g/mol. The lowest BCUT2D eigenvalue weighted by molar-refractivity contribution is 0.531. The van der Waals surface area contributed by atoms with Gasteiger partial charge in [-0.15, -0.1) is 0 Å². The van der Waals surface area contributed by atoms with Crippen LogP contribution in [0.4, 0.5) is 0 Å². The Morgan fingerprint density at radius 1 is 1.38 bits per heavy atom. The molecule has 2 N–H and O–H groups in total. The van der Waals surface area contributed by atoms with E-state index in [1.165, 1.54) is 0 Å². The number of rotatable bonds is 2. The third-order valence-corrected chi connectivity index (χ3v) is 1.74. The fourth-order valence-electron chi connectivity index (χ4n) is 1.09. The van der Waals surface area contributed by atoms with Crippen LogP contribution in [0.5, 0.6) is 0 Å². The van der Waals surface area contributed by atoms with Gasteiger partial charge in [0.25, 0.3) is 0 Å². The molecule has 2 aromatic rings. The summed E-state index contributed by atoms with van der Waals surface area (Å²) in [5.74, 6) is 1.39. The Morgan fingerprint density at radius 3 is 2.77 bits per heavy atom. The van der Waals surface area contributed by atoms with Crippen molar-refractivity contribution in [1.82, 2.24) is 4.98 Å². The van der Waals surface area contributed by atoms with Gasteiger partial charge >= 0.3 is 0 Å². The number of hydrogen-bond acceptors (Lipinski definition) is 4. The zero-order chi connectivity index (χ0) is 9.26. The van der Waals surface area contributed by atoms with E-state index < -0.39 is 0 Å². The first-order valence-electron chi connectivity index (χ1n) is 3.99. The Kier molecular flexibility index (Phi) is 1.90. The maximum Gasteiger partial charge on any atom is 0.229 e. The Morgan fingerprint density at radius 2 is 2.23 bits per heavy atom. The highest BCUT2D eigenvalue weighted by molar-refractivity contribution is 5.51. The number of nitrogens with zero attached hydrogens (tertiary/aromatic N) is 1. The van der Waals surface area contributed by atoms with Crippen LogP contribution in [0.2, 0.25) is 0 Å². The van der Waals surface area contributed by atoms with Crippen LogP contribution in [0.1, 0.15) is 11.5 Å². The van der Waals surface area contributed by atoms with Crippen LogP contribution < -0.4 is 5.73 Å². The molecule has 0 aliphatic rings. The van der Waals surface area contributed by atoms with Gasteiger partial charge in [0.05, 0.1) is 11.3 Å². The molecular weight excluding hydrogens is 168 g/mol. The lowest BCUT2D eigenvalue weighted by Gasteiger charge is -1.84. The third kappa shape index (κ3) is 1.48. The van der Waals surface area contributed by atoms with Crippen LogP contribution in [0.3, 0.4) is 0 Å². The predicted molar refractivity (Wildman–Crippen MR) is 46.8 cm³/mol. The van der Waals surface area contributed by atoms with Gasteiger partial charge in [-0.2, -0.15) is 0 Å². The van der Waals surface area contributed by atoms with Crippen LogP contribution in [0.15, 0.2) is 27.4 Å².